The molecular weight excluding hydrogens is 491 g/mol. The number of methoxy groups -OCH3 is 1. The summed E-state index contributed by atoms with van der Waals surface area (Å²) in [4.78, 5) is 40.0. The van der Waals surface area contributed by atoms with Gasteiger partial charge in [-0.1, -0.05) is 48.5 Å². The lowest BCUT2D eigenvalue weighted by Crippen LogP contribution is -2.46. The highest BCUT2D eigenvalue weighted by atomic mass is 19.1. The Kier molecular flexibility index (Phi) is 7.11. The summed E-state index contributed by atoms with van der Waals surface area (Å²) in [7, 11) is 1.36. The highest BCUT2D eigenvalue weighted by Crippen LogP contribution is 2.32. The van der Waals surface area contributed by atoms with Gasteiger partial charge in [-0.25, -0.2) is 9.18 Å². The average molecular weight is 519 g/mol. The molecule has 3 aromatic carbocycles. The number of ether oxygens (including phenoxy) is 2. The number of rotatable bonds is 8. The SMILES string of the molecule is COC[C@@]1(F)C[C@@H](C(=O)OCc2ccccc2)N(C(=O)CNC(=O)c2ccc3oc4ccccc4c3c2)C1. The third kappa shape index (κ3) is 5.24. The third-order valence-corrected chi connectivity index (χ3v) is 6.65. The van der Waals surface area contributed by atoms with Crippen LogP contribution in [-0.4, -0.2) is 61.2 Å². The van der Waals surface area contributed by atoms with Crippen LogP contribution in [0, 0.1) is 0 Å². The van der Waals surface area contributed by atoms with Gasteiger partial charge in [0.15, 0.2) is 5.67 Å². The first kappa shape index (κ1) is 25.4. The minimum atomic E-state index is -1.90. The van der Waals surface area contributed by atoms with Gasteiger partial charge in [0.05, 0.1) is 19.7 Å². The monoisotopic (exact) mass is 518 g/mol. The molecule has 1 aliphatic rings. The predicted octanol–water partition coefficient (Wildman–Crippen LogP) is 4.01. The first-order valence-electron chi connectivity index (χ1n) is 12.2. The molecule has 1 saturated heterocycles. The Bertz CT molecular complexity index is 1490. The van der Waals surface area contributed by atoms with Crippen LogP contribution >= 0.6 is 0 Å². The number of alkyl halides is 1. The number of hydrogen-bond acceptors (Lipinski definition) is 6. The van der Waals surface area contributed by atoms with E-state index in [1.54, 1.807) is 30.3 Å². The second-order valence-electron chi connectivity index (χ2n) is 9.41. The molecule has 1 N–H and O–H groups in total. The smallest absolute Gasteiger partial charge is 0.329 e. The standard InChI is InChI=1S/C29H27FN2O6/c1-36-18-29(30)14-23(28(35)37-16-19-7-3-2-4-8-19)32(17-29)26(33)15-31-27(34)20-11-12-25-22(13-20)21-9-5-6-10-24(21)38-25/h2-13,23H,14-18H2,1H3,(H,31,34)/t23-,29+/m0/s1. The number of fused-ring (bicyclic) bond motifs is 3. The summed E-state index contributed by atoms with van der Waals surface area (Å²) in [6.07, 6.45) is -0.252. The van der Waals surface area contributed by atoms with Crippen molar-refractivity contribution in [1.82, 2.24) is 10.2 Å². The van der Waals surface area contributed by atoms with Crippen LogP contribution in [-0.2, 0) is 25.7 Å². The molecule has 2 heterocycles. The molecule has 8 nitrogen and oxygen atoms in total. The maximum absolute atomic E-state index is 15.4. The number of likely N-dealkylation sites (tertiary alicyclic amines) is 1. The second-order valence-corrected chi connectivity index (χ2v) is 9.41. The van der Waals surface area contributed by atoms with Crippen LogP contribution in [0.3, 0.4) is 0 Å². The Balaban J connectivity index is 1.27. The fourth-order valence-electron chi connectivity index (χ4n) is 4.82. The van der Waals surface area contributed by atoms with Gasteiger partial charge in [0.1, 0.15) is 23.8 Å². The quantitative estimate of drug-likeness (QED) is 0.354. The Hall–Kier alpha value is -4.24. The maximum Gasteiger partial charge on any atom is 0.329 e. The highest BCUT2D eigenvalue weighted by molar-refractivity contribution is 6.08. The molecule has 0 unspecified atom stereocenters. The van der Waals surface area contributed by atoms with Crippen molar-refractivity contribution in [2.75, 3.05) is 26.8 Å². The Morgan fingerprint density at radius 1 is 1.03 bits per heavy atom. The van der Waals surface area contributed by atoms with Crippen LogP contribution in [0.4, 0.5) is 4.39 Å². The molecule has 0 radical (unpaired) electrons. The zero-order valence-electron chi connectivity index (χ0n) is 20.8. The molecule has 4 aromatic rings. The Labute approximate surface area is 218 Å². The normalized spacial score (nSPS) is 19.1. The van der Waals surface area contributed by atoms with Gasteiger partial charge in [0.2, 0.25) is 5.91 Å². The van der Waals surface area contributed by atoms with Crippen LogP contribution in [0.1, 0.15) is 22.3 Å². The maximum atomic E-state index is 15.4. The van der Waals surface area contributed by atoms with E-state index >= 15 is 4.39 Å². The lowest BCUT2D eigenvalue weighted by Gasteiger charge is -2.23. The largest absolute Gasteiger partial charge is 0.459 e. The number of amides is 2. The van der Waals surface area contributed by atoms with Crippen molar-refractivity contribution >= 4 is 39.7 Å². The summed E-state index contributed by atoms with van der Waals surface area (Å²) in [5.41, 5.74) is 0.564. The number of nitrogens with zero attached hydrogens (tertiary/aromatic N) is 1. The van der Waals surface area contributed by atoms with E-state index in [9.17, 15) is 14.4 Å². The number of esters is 1. The molecular formula is C29H27FN2O6. The molecule has 1 aliphatic heterocycles. The third-order valence-electron chi connectivity index (χ3n) is 6.65. The summed E-state index contributed by atoms with van der Waals surface area (Å²) in [6.45, 7) is -1.02. The zero-order chi connectivity index (χ0) is 26.7. The molecule has 196 valence electrons. The van der Waals surface area contributed by atoms with E-state index in [1.165, 1.54) is 7.11 Å². The molecule has 9 heteroatoms. The van der Waals surface area contributed by atoms with Gasteiger partial charge in [0.25, 0.3) is 5.91 Å². The molecule has 5 rings (SSSR count). The molecule has 0 bridgehead atoms. The van der Waals surface area contributed by atoms with Gasteiger partial charge in [-0.15, -0.1) is 0 Å². The van der Waals surface area contributed by atoms with Crippen molar-refractivity contribution in [3.8, 4) is 0 Å². The number of para-hydroxylation sites is 1. The molecule has 2 atom stereocenters. The first-order valence-corrected chi connectivity index (χ1v) is 12.2. The van der Waals surface area contributed by atoms with Crippen molar-refractivity contribution in [3.63, 3.8) is 0 Å². The number of benzene rings is 3. The van der Waals surface area contributed by atoms with Gasteiger partial charge < -0.3 is 24.1 Å². The van der Waals surface area contributed by atoms with E-state index in [0.717, 1.165) is 21.2 Å². The van der Waals surface area contributed by atoms with E-state index in [2.05, 4.69) is 5.32 Å². The first-order chi connectivity index (χ1) is 18.4. The van der Waals surface area contributed by atoms with Gasteiger partial charge >= 0.3 is 5.97 Å². The minimum absolute atomic E-state index is 0.00365. The van der Waals surface area contributed by atoms with Crippen LogP contribution in [0.2, 0.25) is 0 Å². The highest BCUT2D eigenvalue weighted by Gasteiger charge is 2.50. The van der Waals surface area contributed by atoms with Crippen LogP contribution in [0.25, 0.3) is 21.9 Å². The van der Waals surface area contributed by atoms with Crippen molar-refractivity contribution < 1.29 is 32.7 Å². The van der Waals surface area contributed by atoms with E-state index in [4.69, 9.17) is 13.9 Å². The van der Waals surface area contributed by atoms with Crippen molar-refractivity contribution in [2.45, 2.75) is 24.7 Å². The second kappa shape index (κ2) is 10.6. The molecule has 0 saturated carbocycles. The van der Waals surface area contributed by atoms with Gasteiger partial charge in [-0.3, -0.25) is 9.59 Å². The average Bonchev–Trinajstić information content (AvgIpc) is 3.48. The van der Waals surface area contributed by atoms with Crippen LogP contribution in [0.15, 0.2) is 77.2 Å². The molecule has 2 amide bonds. The summed E-state index contributed by atoms with van der Waals surface area (Å²) in [5, 5.41) is 4.25. The molecule has 1 aromatic heterocycles. The summed E-state index contributed by atoms with van der Waals surface area (Å²) in [6, 6.07) is 20.5. The van der Waals surface area contributed by atoms with E-state index in [0.29, 0.717) is 16.7 Å². The van der Waals surface area contributed by atoms with E-state index in [-0.39, 0.29) is 26.2 Å². The van der Waals surface area contributed by atoms with E-state index in [1.807, 2.05) is 42.5 Å². The molecule has 1 fully saturated rings. The summed E-state index contributed by atoms with van der Waals surface area (Å²) >= 11 is 0. The summed E-state index contributed by atoms with van der Waals surface area (Å²) < 4.78 is 31.6. The lowest BCUT2D eigenvalue weighted by atomic mass is 10.0. The number of furan rings is 1. The number of carbonyl (C=O) groups excluding carboxylic acids is 3. The topological polar surface area (TPSA) is 98.1 Å². The molecule has 0 spiro atoms. The number of halogens is 1. The Morgan fingerprint density at radius 2 is 1.76 bits per heavy atom. The van der Waals surface area contributed by atoms with Crippen molar-refractivity contribution in [2.24, 2.45) is 0 Å². The Morgan fingerprint density at radius 3 is 2.55 bits per heavy atom. The fraction of sp³-hybridized carbons (Fsp3) is 0.276. The van der Waals surface area contributed by atoms with Gasteiger partial charge in [-0.05, 0) is 29.8 Å². The fourth-order valence-corrected chi connectivity index (χ4v) is 4.82. The zero-order valence-corrected chi connectivity index (χ0v) is 20.8. The minimum Gasteiger partial charge on any atom is -0.459 e. The van der Waals surface area contributed by atoms with Crippen LogP contribution in [0.5, 0.6) is 0 Å². The van der Waals surface area contributed by atoms with E-state index < -0.39 is 36.0 Å². The lowest BCUT2D eigenvalue weighted by molar-refractivity contribution is -0.154. The van der Waals surface area contributed by atoms with Crippen molar-refractivity contribution in [1.29, 1.82) is 0 Å². The number of nitrogens with one attached hydrogen (secondary N) is 1. The van der Waals surface area contributed by atoms with Gasteiger partial charge in [-0.2, -0.15) is 0 Å². The number of hydrogen-bond donors (Lipinski definition) is 1. The van der Waals surface area contributed by atoms with Crippen LogP contribution < -0.4 is 5.32 Å². The van der Waals surface area contributed by atoms with Crippen molar-refractivity contribution in [3.05, 3.63) is 83.9 Å². The molecule has 0 aliphatic carbocycles. The molecule has 38 heavy (non-hydrogen) atoms. The predicted molar refractivity (Wildman–Crippen MR) is 138 cm³/mol. The summed E-state index contributed by atoms with van der Waals surface area (Å²) in [5.74, 6) is -1.77. The number of carbonyl (C=O) groups is 3. The van der Waals surface area contributed by atoms with Gasteiger partial charge in [0, 0.05) is 29.9 Å².